The maximum absolute atomic E-state index is 11.6. The number of rotatable bonds is 3. The van der Waals surface area contributed by atoms with E-state index < -0.39 is 12.0 Å². The Morgan fingerprint density at radius 3 is 3.00 bits per heavy atom. The maximum Gasteiger partial charge on any atom is 0.325 e. The molecule has 3 amide bonds. The molecule has 0 spiro atoms. The van der Waals surface area contributed by atoms with Crippen molar-refractivity contribution in [2.45, 2.75) is 13.3 Å². The second-order valence-electron chi connectivity index (χ2n) is 3.59. The molecule has 0 aromatic carbocycles. The summed E-state index contributed by atoms with van der Waals surface area (Å²) in [6.45, 7) is 2.88. The van der Waals surface area contributed by atoms with E-state index in [0.717, 1.165) is 0 Å². The molecule has 7 nitrogen and oxygen atoms in total. The summed E-state index contributed by atoms with van der Waals surface area (Å²) in [4.78, 5) is 35.3. The summed E-state index contributed by atoms with van der Waals surface area (Å²) in [5, 5.41) is 5.08. The number of nitrogens with zero attached hydrogens (tertiary/aromatic N) is 1. The average molecular weight is 243 g/mol. The minimum Gasteiger partial charge on any atom is -0.465 e. The Labute approximate surface area is 99.5 Å². The van der Waals surface area contributed by atoms with Gasteiger partial charge in [-0.25, -0.2) is 4.79 Å². The van der Waals surface area contributed by atoms with E-state index in [1.807, 2.05) is 0 Å². The molecule has 0 bridgehead atoms. The molecule has 2 N–H and O–H groups in total. The van der Waals surface area contributed by atoms with Gasteiger partial charge in [-0.15, -0.1) is 0 Å². The number of hydrogen-bond acceptors (Lipinski definition) is 4. The van der Waals surface area contributed by atoms with Crippen LogP contribution >= 0.6 is 0 Å². The van der Waals surface area contributed by atoms with Crippen LogP contribution in [0.2, 0.25) is 0 Å². The molecule has 0 radical (unpaired) electrons. The van der Waals surface area contributed by atoms with Crippen LogP contribution in [0, 0.1) is 0 Å². The van der Waals surface area contributed by atoms with Crippen LogP contribution in [0.3, 0.4) is 0 Å². The van der Waals surface area contributed by atoms with Gasteiger partial charge in [0.25, 0.3) is 0 Å². The van der Waals surface area contributed by atoms with E-state index in [4.69, 9.17) is 0 Å². The average Bonchev–Trinajstić information content (AvgIpc) is 2.51. The number of hydrogen-bond donors (Lipinski definition) is 2. The second kappa shape index (κ2) is 6.72. The molecule has 0 saturated carbocycles. The van der Waals surface area contributed by atoms with Crippen LogP contribution in [-0.4, -0.2) is 55.6 Å². The lowest BCUT2D eigenvalue weighted by atomic mass is 10.4. The van der Waals surface area contributed by atoms with Gasteiger partial charge in [-0.2, -0.15) is 0 Å². The van der Waals surface area contributed by atoms with E-state index in [9.17, 15) is 14.4 Å². The number of carbonyl (C=O) groups excluding carboxylic acids is 3. The molecule has 0 unspecified atom stereocenters. The summed E-state index contributed by atoms with van der Waals surface area (Å²) in [5.41, 5.74) is 0. The quantitative estimate of drug-likeness (QED) is 0.628. The van der Waals surface area contributed by atoms with Gasteiger partial charge < -0.3 is 20.3 Å². The minimum absolute atomic E-state index is 0.0225. The summed E-state index contributed by atoms with van der Waals surface area (Å²) in [6.07, 6.45) is 0.707. The van der Waals surface area contributed by atoms with Crippen molar-refractivity contribution >= 4 is 17.9 Å². The van der Waals surface area contributed by atoms with Gasteiger partial charge in [-0.05, 0) is 13.3 Å². The zero-order valence-electron chi connectivity index (χ0n) is 9.82. The van der Waals surface area contributed by atoms with E-state index in [2.05, 4.69) is 15.4 Å². The van der Waals surface area contributed by atoms with Gasteiger partial charge in [0.1, 0.15) is 13.1 Å². The standard InChI is InChI=1S/C10H17N3O4/c1-2-17-9(15)6-12-10(16)13-5-3-4-11-8(14)7-13/h2-7H2,1H3,(H,11,14)(H,12,16). The lowest BCUT2D eigenvalue weighted by Gasteiger charge is -2.19. The lowest BCUT2D eigenvalue weighted by Crippen LogP contribution is -2.45. The van der Waals surface area contributed by atoms with Crippen molar-refractivity contribution < 1.29 is 19.1 Å². The molecule has 0 aromatic heterocycles. The summed E-state index contributed by atoms with van der Waals surface area (Å²) < 4.78 is 4.67. The molecule has 0 aliphatic carbocycles. The number of amides is 3. The predicted molar refractivity (Wildman–Crippen MR) is 59.2 cm³/mol. The van der Waals surface area contributed by atoms with Crippen molar-refractivity contribution in [2.75, 3.05) is 32.8 Å². The Balaban J connectivity index is 2.35. The normalized spacial score (nSPS) is 15.8. The molecule has 17 heavy (non-hydrogen) atoms. The van der Waals surface area contributed by atoms with Gasteiger partial charge in [-0.3, -0.25) is 9.59 Å². The van der Waals surface area contributed by atoms with Crippen LogP contribution in [0.25, 0.3) is 0 Å². The van der Waals surface area contributed by atoms with Crippen molar-refractivity contribution in [1.29, 1.82) is 0 Å². The van der Waals surface area contributed by atoms with Gasteiger partial charge in [0.2, 0.25) is 5.91 Å². The fraction of sp³-hybridized carbons (Fsp3) is 0.700. The van der Waals surface area contributed by atoms with Crippen LogP contribution < -0.4 is 10.6 Å². The summed E-state index contributed by atoms with van der Waals surface area (Å²) in [7, 11) is 0. The van der Waals surface area contributed by atoms with E-state index in [-0.39, 0.29) is 25.6 Å². The molecule has 1 rings (SSSR count). The summed E-state index contributed by atoms with van der Waals surface area (Å²) in [6, 6.07) is -0.421. The fourth-order valence-electron chi connectivity index (χ4n) is 1.45. The molecule has 7 heteroatoms. The number of urea groups is 1. The molecule has 96 valence electrons. The zero-order valence-corrected chi connectivity index (χ0v) is 9.82. The number of nitrogens with one attached hydrogen (secondary N) is 2. The largest absolute Gasteiger partial charge is 0.465 e. The molecule has 0 atom stereocenters. The first-order valence-electron chi connectivity index (χ1n) is 5.58. The number of ether oxygens (including phenoxy) is 1. The highest BCUT2D eigenvalue weighted by molar-refractivity contribution is 5.86. The minimum atomic E-state index is -0.486. The smallest absolute Gasteiger partial charge is 0.325 e. The molecular formula is C10H17N3O4. The van der Waals surface area contributed by atoms with Gasteiger partial charge >= 0.3 is 12.0 Å². The third-order valence-corrected chi connectivity index (χ3v) is 2.24. The van der Waals surface area contributed by atoms with Crippen LogP contribution in [0.4, 0.5) is 4.79 Å². The van der Waals surface area contributed by atoms with Crippen molar-refractivity contribution in [1.82, 2.24) is 15.5 Å². The molecule has 1 aliphatic rings. The SMILES string of the molecule is CCOC(=O)CNC(=O)N1CCCNC(=O)C1. The van der Waals surface area contributed by atoms with Crippen molar-refractivity contribution in [3.05, 3.63) is 0 Å². The van der Waals surface area contributed by atoms with Gasteiger partial charge in [0.05, 0.1) is 6.61 Å². The highest BCUT2D eigenvalue weighted by Gasteiger charge is 2.19. The Hall–Kier alpha value is -1.79. The summed E-state index contributed by atoms with van der Waals surface area (Å²) >= 11 is 0. The first kappa shape index (κ1) is 13.3. The maximum atomic E-state index is 11.6. The first-order valence-corrected chi connectivity index (χ1v) is 5.58. The highest BCUT2D eigenvalue weighted by atomic mass is 16.5. The van der Waals surface area contributed by atoms with Crippen LogP contribution in [0.1, 0.15) is 13.3 Å². The predicted octanol–water partition coefficient (Wildman–Crippen LogP) is -0.919. The Morgan fingerprint density at radius 2 is 2.29 bits per heavy atom. The molecule has 1 heterocycles. The van der Waals surface area contributed by atoms with Crippen molar-refractivity contribution in [3.8, 4) is 0 Å². The Kier molecular flexibility index (Phi) is 5.25. The third kappa shape index (κ3) is 4.71. The van der Waals surface area contributed by atoms with Crippen LogP contribution in [0.15, 0.2) is 0 Å². The zero-order chi connectivity index (χ0) is 12.7. The Morgan fingerprint density at radius 1 is 1.53 bits per heavy atom. The fourth-order valence-corrected chi connectivity index (χ4v) is 1.45. The van der Waals surface area contributed by atoms with Crippen LogP contribution in [0.5, 0.6) is 0 Å². The molecule has 0 aromatic rings. The van der Waals surface area contributed by atoms with Crippen LogP contribution in [-0.2, 0) is 14.3 Å². The van der Waals surface area contributed by atoms with Gasteiger partial charge in [0.15, 0.2) is 0 Å². The van der Waals surface area contributed by atoms with E-state index in [0.29, 0.717) is 19.5 Å². The first-order chi connectivity index (χ1) is 8.13. The highest BCUT2D eigenvalue weighted by Crippen LogP contribution is 1.96. The molecule has 1 saturated heterocycles. The van der Waals surface area contributed by atoms with Crippen molar-refractivity contribution in [3.63, 3.8) is 0 Å². The number of carbonyl (C=O) groups is 3. The van der Waals surface area contributed by atoms with Gasteiger partial charge in [0, 0.05) is 13.1 Å². The van der Waals surface area contributed by atoms with E-state index >= 15 is 0 Å². The van der Waals surface area contributed by atoms with Gasteiger partial charge in [-0.1, -0.05) is 0 Å². The third-order valence-electron chi connectivity index (χ3n) is 2.24. The Bertz CT molecular complexity index is 306. The second-order valence-corrected chi connectivity index (χ2v) is 3.59. The summed E-state index contributed by atoms with van der Waals surface area (Å²) in [5.74, 6) is -0.672. The molecule has 1 aliphatic heterocycles. The monoisotopic (exact) mass is 243 g/mol. The lowest BCUT2D eigenvalue weighted by molar-refractivity contribution is -0.141. The molecular weight excluding hydrogens is 226 g/mol. The molecule has 1 fully saturated rings. The topological polar surface area (TPSA) is 87.7 Å². The van der Waals surface area contributed by atoms with E-state index in [1.54, 1.807) is 6.92 Å². The van der Waals surface area contributed by atoms with Crippen molar-refractivity contribution in [2.24, 2.45) is 0 Å². The van der Waals surface area contributed by atoms with E-state index in [1.165, 1.54) is 4.90 Å². The number of esters is 1.